The van der Waals surface area contributed by atoms with Crippen LogP contribution in [0.2, 0.25) is 36.8 Å². The molecule has 0 aromatic heterocycles. The van der Waals surface area contributed by atoms with Crippen molar-refractivity contribution < 1.29 is 4.43 Å². The van der Waals surface area contributed by atoms with Crippen LogP contribution in [0.3, 0.4) is 0 Å². The van der Waals surface area contributed by atoms with Gasteiger partial charge in [0.15, 0.2) is 8.32 Å². The van der Waals surface area contributed by atoms with Crippen LogP contribution < -0.4 is 5.19 Å². The molecule has 0 radical (unpaired) electrons. The van der Waals surface area contributed by atoms with Crippen molar-refractivity contribution in [2.75, 3.05) is 0 Å². The lowest BCUT2D eigenvalue weighted by Crippen LogP contribution is -2.53. The van der Waals surface area contributed by atoms with Gasteiger partial charge < -0.3 is 4.43 Å². The molecule has 0 unspecified atom stereocenters. The van der Waals surface area contributed by atoms with Gasteiger partial charge in [0.2, 0.25) is 0 Å². The lowest BCUT2D eigenvalue weighted by molar-refractivity contribution is 0.169. The van der Waals surface area contributed by atoms with Gasteiger partial charge >= 0.3 is 0 Å². The summed E-state index contributed by atoms with van der Waals surface area (Å²) < 4.78 is 6.98. The van der Waals surface area contributed by atoms with Gasteiger partial charge in [-0.2, -0.15) is 0 Å². The number of hydrogen-bond acceptors (Lipinski definition) is 1. The van der Waals surface area contributed by atoms with Gasteiger partial charge in [-0.3, -0.25) is 0 Å². The van der Waals surface area contributed by atoms with Crippen molar-refractivity contribution in [3.63, 3.8) is 0 Å². The minimum atomic E-state index is -1.84. The fourth-order valence-corrected chi connectivity index (χ4v) is 8.00. The van der Waals surface area contributed by atoms with Gasteiger partial charge in [-0.25, -0.2) is 0 Å². The quantitative estimate of drug-likeness (QED) is 0.240. The number of allylic oxidation sites excluding steroid dienone is 1. The summed E-state index contributed by atoms with van der Waals surface area (Å²) in [6.45, 7) is 24.8. The van der Waals surface area contributed by atoms with Crippen LogP contribution in [-0.2, 0) is 4.43 Å². The van der Waals surface area contributed by atoms with Crippen LogP contribution in [0.5, 0.6) is 0 Å². The first-order valence-corrected chi connectivity index (χ1v) is 15.9. The summed E-state index contributed by atoms with van der Waals surface area (Å²) in [5.74, 6) is 0. The Morgan fingerprint density at radius 1 is 1.04 bits per heavy atom. The molecule has 26 heavy (non-hydrogen) atoms. The highest BCUT2D eigenvalue weighted by atomic mass is 28.4. The van der Waals surface area contributed by atoms with Crippen molar-refractivity contribution in [2.24, 2.45) is 0 Å². The molecule has 0 saturated carbocycles. The van der Waals surface area contributed by atoms with Crippen molar-refractivity contribution in [3.05, 3.63) is 55.6 Å². The second-order valence-electron chi connectivity index (χ2n) is 9.49. The van der Waals surface area contributed by atoms with Crippen LogP contribution in [0.15, 0.2) is 55.6 Å². The molecule has 0 amide bonds. The minimum absolute atomic E-state index is 0.216. The van der Waals surface area contributed by atoms with Crippen LogP contribution in [-0.4, -0.2) is 22.5 Å². The van der Waals surface area contributed by atoms with E-state index in [2.05, 4.69) is 96.5 Å². The Labute approximate surface area is 164 Å². The molecule has 0 spiro atoms. The molecule has 2 atom stereocenters. The molecule has 1 aromatic rings. The van der Waals surface area contributed by atoms with Gasteiger partial charge in [-0.15, -0.1) is 13.2 Å². The number of unbranched alkanes of at least 4 members (excludes halogenated alkanes) is 1. The van der Waals surface area contributed by atoms with E-state index in [9.17, 15) is 0 Å². The molecule has 146 valence electrons. The lowest BCUT2D eigenvalue weighted by Gasteiger charge is -2.44. The maximum absolute atomic E-state index is 6.98. The van der Waals surface area contributed by atoms with E-state index < -0.39 is 16.4 Å². The number of benzene rings is 1. The first-order chi connectivity index (χ1) is 12.0. The molecule has 3 heteroatoms. The maximum atomic E-state index is 6.98. The predicted molar refractivity (Wildman–Crippen MR) is 124 cm³/mol. The molecule has 0 bridgehead atoms. The number of rotatable bonds is 10. The summed E-state index contributed by atoms with van der Waals surface area (Å²) in [4.78, 5) is 0. The zero-order chi connectivity index (χ0) is 20.0. The Morgan fingerprint density at radius 3 is 2.08 bits per heavy atom. The van der Waals surface area contributed by atoms with Crippen molar-refractivity contribution in [1.82, 2.24) is 0 Å². The monoisotopic (exact) mass is 388 g/mol. The Hall–Kier alpha value is -0.906. The Bertz CT molecular complexity index is 570. The largest absolute Gasteiger partial charge is 0.414 e. The molecule has 0 heterocycles. The van der Waals surface area contributed by atoms with Crippen LogP contribution in [0.4, 0.5) is 0 Å². The van der Waals surface area contributed by atoms with E-state index in [4.69, 9.17) is 4.43 Å². The molecule has 0 fully saturated rings. The molecule has 0 N–H and O–H groups in total. The van der Waals surface area contributed by atoms with E-state index >= 15 is 0 Å². The van der Waals surface area contributed by atoms with Gasteiger partial charge in [-0.05, 0) is 37.4 Å². The first-order valence-electron chi connectivity index (χ1n) is 9.94. The van der Waals surface area contributed by atoms with E-state index in [0.29, 0.717) is 5.54 Å². The fourth-order valence-electron chi connectivity index (χ4n) is 3.30. The standard InChI is InChI=1S/C23H40OSi2/c1-10-12-14-19-21(24-26(8,9)23(3,4)5)22(11-2)25(6,7)20-17-15-13-16-18-20/h10-11,13,15-18,21-22H,1-2,12,14,19H2,3-9H3/t21-,22+/m1/s1. The topological polar surface area (TPSA) is 9.23 Å². The smallest absolute Gasteiger partial charge is 0.192 e. The maximum Gasteiger partial charge on any atom is 0.192 e. The van der Waals surface area contributed by atoms with E-state index in [-0.39, 0.29) is 11.1 Å². The van der Waals surface area contributed by atoms with Gasteiger partial charge in [0.05, 0.1) is 8.07 Å². The molecule has 0 aliphatic carbocycles. The van der Waals surface area contributed by atoms with Gasteiger partial charge in [0.1, 0.15) is 0 Å². The highest BCUT2D eigenvalue weighted by Gasteiger charge is 2.44. The third kappa shape index (κ3) is 5.80. The van der Waals surface area contributed by atoms with Crippen molar-refractivity contribution >= 4 is 21.6 Å². The molecule has 0 aliphatic rings. The second-order valence-corrected chi connectivity index (χ2v) is 18.9. The summed E-state index contributed by atoms with van der Waals surface area (Å²) >= 11 is 0. The Kier molecular flexibility index (Phi) is 8.31. The minimum Gasteiger partial charge on any atom is -0.414 e. The van der Waals surface area contributed by atoms with E-state index in [1.165, 1.54) is 5.19 Å². The van der Waals surface area contributed by atoms with Crippen molar-refractivity contribution in [2.45, 2.75) is 82.9 Å². The summed E-state index contributed by atoms with van der Waals surface area (Å²) in [6.07, 6.45) is 7.71. The highest BCUT2D eigenvalue weighted by molar-refractivity contribution is 6.91. The molecule has 0 aliphatic heterocycles. The molecule has 0 saturated heterocycles. The lowest BCUT2D eigenvalue weighted by atomic mass is 10.1. The third-order valence-corrected chi connectivity index (χ3v) is 14.8. The molecular formula is C23H40OSi2. The van der Waals surface area contributed by atoms with Crippen molar-refractivity contribution in [3.8, 4) is 0 Å². The van der Waals surface area contributed by atoms with Gasteiger partial charge in [0.25, 0.3) is 0 Å². The van der Waals surface area contributed by atoms with Crippen LogP contribution in [0.1, 0.15) is 40.0 Å². The predicted octanol–water partition coefficient (Wildman–Crippen LogP) is 6.90. The SMILES string of the molecule is C=CCCC[C@@H](O[Si](C)(C)C(C)(C)C)[C@H](C=C)[Si](C)(C)c1ccccc1. The molecule has 1 rings (SSSR count). The second kappa shape index (κ2) is 9.34. The highest BCUT2D eigenvalue weighted by Crippen LogP contribution is 2.41. The van der Waals surface area contributed by atoms with Crippen LogP contribution in [0, 0.1) is 0 Å². The van der Waals surface area contributed by atoms with Gasteiger partial charge in [-0.1, -0.05) is 81.5 Å². The summed E-state index contributed by atoms with van der Waals surface area (Å²) in [7, 11) is -3.58. The third-order valence-electron chi connectivity index (χ3n) is 6.15. The van der Waals surface area contributed by atoms with E-state index in [0.717, 1.165) is 19.3 Å². The van der Waals surface area contributed by atoms with E-state index in [1.807, 2.05) is 6.08 Å². The normalized spacial score (nSPS) is 15.3. The van der Waals surface area contributed by atoms with Crippen LogP contribution in [0.25, 0.3) is 0 Å². The van der Waals surface area contributed by atoms with E-state index in [1.54, 1.807) is 0 Å². The van der Waals surface area contributed by atoms with Gasteiger partial charge in [0, 0.05) is 11.6 Å². The zero-order valence-corrected chi connectivity index (χ0v) is 20.1. The molecule has 1 aromatic carbocycles. The summed E-state index contributed by atoms with van der Waals surface area (Å²) in [5.41, 5.74) is 0.406. The Balaban J connectivity index is 3.20. The van der Waals surface area contributed by atoms with Crippen LogP contribution >= 0.6 is 0 Å². The molecular weight excluding hydrogens is 348 g/mol. The van der Waals surface area contributed by atoms with Crippen molar-refractivity contribution in [1.29, 1.82) is 0 Å². The Morgan fingerprint density at radius 2 is 1.62 bits per heavy atom. The average molecular weight is 389 g/mol. The summed E-state index contributed by atoms with van der Waals surface area (Å²) in [6, 6.07) is 11.0. The molecule has 1 nitrogen and oxygen atoms in total. The number of hydrogen-bond donors (Lipinski definition) is 0. The first kappa shape index (κ1) is 23.1. The summed E-state index contributed by atoms with van der Waals surface area (Å²) in [5, 5.41) is 1.70. The average Bonchev–Trinajstić information content (AvgIpc) is 2.54. The fraction of sp³-hybridized carbons (Fsp3) is 0.565. The zero-order valence-electron chi connectivity index (χ0n) is 18.1.